The molecule has 2 rings (SSSR count). The monoisotopic (exact) mass is 301 g/mol. The topological polar surface area (TPSA) is 73.2 Å². The summed E-state index contributed by atoms with van der Waals surface area (Å²) >= 11 is 0. The third-order valence-electron chi connectivity index (χ3n) is 2.64. The average molecular weight is 301 g/mol. The second-order valence-corrected chi connectivity index (χ2v) is 4.23. The molecule has 0 saturated heterocycles. The van der Waals surface area contributed by atoms with Crippen molar-refractivity contribution >= 4 is 16.9 Å². The summed E-state index contributed by atoms with van der Waals surface area (Å²) in [6.45, 7) is 2.54. The van der Waals surface area contributed by atoms with Gasteiger partial charge in [0.25, 0.3) is 5.56 Å². The maximum Gasteiger partial charge on any atom is 0.451 e. The fourth-order valence-electron chi connectivity index (χ4n) is 1.78. The first-order valence-electron chi connectivity index (χ1n) is 5.75. The van der Waals surface area contributed by atoms with Gasteiger partial charge in [-0.2, -0.15) is 17.8 Å². The molecule has 2 aromatic rings. The van der Waals surface area contributed by atoms with Gasteiger partial charge in [-0.15, -0.1) is 5.59 Å². The Hall–Kier alpha value is -2.58. The second-order valence-electron chi connectivity index (χ2n) is 4.23. The average Bonchev–Trinajstić information content (AvgIpc) is 2.35. The summed E-state index contributed by atoms with van der Waals surface area (Å²) in [5.74, 6) is -2.41. The summed E-state index contributed by atoms with van der Waals surface area (Å²) in [7, 11) is 0. The Morgan fingerprint density at radius 2 is 2.05 bits per heavy atom. The maximum atomic E-state index is 13.0. The molecule has 0 aliphatic heterocycles. The first kappa shape index (κ1) is 14.8. The number of nitrogens with zero attached hydrogens (tertiary/aromatic N) is 2. The summed E-state index contributed by atoms with van der Waals surface area (Å²) in [5.41, 5.74) is 1.04. The molecule has 0 aliphatic rings. The standard InChI is InChI=1S/C12H10F3N3O3/c1-6-4-3-5-8-9(6)10(20)18(17-21-7(2)19)11(16-8)12(13,14)15/h3-5,17H,1-2H3. The van der Waals surface area contributed by atoms with Crippen LogP contribution in [0.5, 0.6) is 0 Å². The number of carbonyl (C=O) groups excluding carboxylic acids is 1. The first-order chi connectivity index (χ1) is 9.71. The number of fused-ring (bicyclic) bond motifs is 1. The number of rotatable bonds is 2. The van der Waals surface area contributed by atoms with Crippen molar-refractivity contribution in [1.29, 1.82) is 0 Å². The van der Waals surface area contributed by atoms with Gasteiger partial charge in [0.15, 0.2) is 0 Å². The van der Waals surface area contributed by atoms with Gasteiger partial charge in [-0.05, 0) is 18.6 Å². The van der Waals surface area contributed by atoms with Gasteiger partial charge in [-0.3, -0.25) is 4.79 Å². The van der Waals surface area contributed by atoms with Crippen molar-refractivity contribution in [3.63, 3.8) is 0 Å². The second kappa shape index (κ2) is 5.08. The number of hydrogen-bond acceptors (Lipinski definition) is 5. The molecule has 1 aromatic heterocycles. The van der Waals surface area contributed by atoms with E-state index in [9.17, 15) is 22.8 Å². The van der Waals surface area contributed by atoms with Gasteiger partial charge in [-0.25, -0.2) is 9.78 Å². The van der Waals surface area contributed by atoms with Crippen LogP contribution in [0.2, 0.25) is 0 Å². The van der Waals surface area contributed by atoms with Crippen molar-refractivity contribution in [2.75, 3.05) is 5.59 Å². The van der Waals surface area contributed by atoms with Gasteiger partial charge in [0.1, 0.15) is 0 Å². The summed E-state index contributed by atoms with van der Waals surface area (Å²) in [6.07, 6.45) is -4.90. The number of aryl methyl sites for hydroxylation is 1. The Morgan fingerprint density at radius 1 is 1.38 bits per heavy atom. The number of benzene rings is 1. The molecule has 0 saturated carbocycles. The molecule has 1 heterocycles. The van der Waals surface area contributed by atoms with E-state index >= 15 is 0 Å². The quantitative estimate of drug-likeness (QED) is 0.855. The first-order valence-corrected chi connectivity index (χ1v) is 5.75. The predicted molar refractivity (Wildman–Crippen MR) is 66.9 cm³/mol. The van der Waals surface area contributed by atoms with Crippen LogP contribution in [0.15, 0.2) is 23.0 Å². The van der Waals surface area contributed by atoms with E-state index in [1.54, 1.807) is 18.6 Å². The van der Waals surface area contributed by atoms with Crippen LogP contribution in [0.1, 0.15) is 18.3 Å². The zero-order valence-electron chi connectivity index (χ0n) is 11.0. The predicted octanol–water partition coefficient (Wildman–Crippen LogP) is 1.75. The van der Waals surface area contributed by atoms with E-state index < -0.39 is 23.5 Å². The summed E-state index contributed by atoms with van der Waals surface area (Å²) < 4.78 is 39.0. The van der Waals surface area contributed by atoms with Gasteiger partial charge in [0.05, 0.1) is 10.9 Å². The molecule has 9 heteroatoms. The lowest BCUT2D eigenvalue weighted by Gasteiger charge is -2.16. The minimum atomic E-state index is -4.90. The molecule has 0 spiro atoms. The minimum Gasteiger partial charge on any atom is -0.328 e. The molecule has 0 radical (unpaired) electrons. The van der Waals surface area contributed by atoms with Gasteiger partial charge in [-0.1, -0.05) is 12.1 Å². The molecule has 1 aromatic carbocycles. The zero-order chi connectivity index (χ0) is 15.8. The third kappa shape index (κ3) is 2.81. The van der Waals surface area contributed by atoms with Crippen molar-refractivity contribution in [3.8, 4) is 0 Å². The van der Waals surface area contributed by atoms with E-state index in [0.29, 0.717) is 5.56 Å². The molecule has 0 amide bonds. The number of carbonyl (C=O) groups is 1. The summed E-state index contributed by atoms with van der Waals surface area (Å²) in [4.78, 5) is 30.6. The van der Waals surface area contributed by atoms with E-state index in [0.717, 1.165) is 6.92 Å². The van der Waals surface area contributed by atoms with Gasteiger partial charge in [0.2, 0.25) is 5.82 Å². The molecule has 0 unspecified atom stereocenters. The van der Waals surface area contributed by atoms with Gasteiger partial charge >= 0.3 is 12.1 Å². The molecule has 6 nitrogen and oxygen atoms in total. The lowest BCUT2D eigenvalue weighted by Crippen LogP contribution is -2.37. The van der Waals surface area contributed by atoms with Crippen molar-refractivity contribution in [3.05, 3.63) is 39.9 Å². The van der Waals surface area contributed by atoms with Crippen molar-refractivity contribution < 1.29 is 22.8 Å². The molecule has 0 atom stereocenters. The molecule has 112 valence electrons. The van der Waals surface area contributed by atoms with Gasteiger partial charge in [0, 0.05) is 6.92 Å². The largest absolute Gasteiger partial charge is 0.451 e. The minimum absolute atomic E-state index is 0.00477. The van der Waals surface area contributed by atoms with E-state index in [-0.39, 0.29) is 15.6 Å². The molecule has 0 bridgehead atoms. The lowest BCUT2D eigenvalue weighted by atomic mass is 10.1. The Bertz CT molecular complexity index is 768. The van der Waals surface area contributed by atoms with Crippen molar-refractivity contribution in [1.82, 2.24) is 9.66 Å². The highest BCUT2D eigenvalue weighted by Gasteiger charge is 2.38. The number of alkyl halides is 3. The van der Waals surface area contributed by atoms with Crippen molar-refractivity contribution in [2.24, 2.45) is 0 Å². The highest BCUT2D eigenvalue weighted by atomic mass is 19.4. The van der Waals surface area contributed by atoms with Crippen LogP contribution in [-0.4, -0.2) is 15.6 Å². The van der Waals surface area contributed by atoms with Crippen LogP contribution in [0.4, 0.5) is 13.2 Å². The summed E-state index contributed by atoms with van der Waals surface area (Å²) in [5, 5.41) is 0.00477. The fraction of sp³-hybridized carbons (Fsp3) is 0.250. The zero-order valence-corrected chi connectivity index (χ0v) is 11.0. The van der Waals surface area contributed by atoms with E-state index in [1.807, 2.05) is 0 Å². The van der Waals surface area contributed by atoms with Crippen LogP contribution in [-0.2, 0) is 15.8 Å². The molecule has 1 N–H and O–H groups in total. The van der Waals surface area contributed by atoms with Gasteiger partial charge < -0.3 is 4.84 Å². The molecule has 0 fully saturated rings. The van der Waals surface area contributed by atoms with Crippen LogP contribution >= 0.6 is 0 Å². The Labute approximate surface area is 116 Å². The number of aromatic nitrogens is 2. The molecular formula is C12H10F3N3O3. The van der Waals surface area contributed by atoms with Crippen molar-refractivity contribution in [2.45, 2.75) is 20.0 Å². The highest BCUT2D eigenvalue weighted by Crippen LogP contribution is 2.27. The Balaban J connectivity index is 2.78. The SMILES string of the molecule is CC(=O)ONn1c(C(F)(F)F)nc2cccc(C)c2c1=O. The molecule has 0 aliphatic carbocycles. The maximum absolute atomic E-state index is 13.0. The number of halogens is 3. The summed E-state index contributed by atoms with van der Waals surface area (Å²) in [6, 6.07) is 4.36. The van der Waals surface area contributed by atoms with E-state index in [2.05, 4.69) is 9.82 Å². The van der Waals surface area contributed by atoms with E-state index in [4.69, 9.17) is 0 Å². The van der Waals surface area contributed by atoms with Crippen LogP contribution < -0.4 is 11.1 Å². The fourth-order valence-corrected chi connectivity index (χ4v) is 1.78. The number of hydrogen-bond donors (Lipinski definition) is 1. The number of nitrogens with one attached hydrogen (secondary N) is 1. The Morgan fingerprint density at radius 3 is 2.62 bits per heavy atom. The normalized spacial score (nSPS) is 11.5. The Kier molecular flexibility index (Phi) is 3.58. The highest BCUT2D eigenvalue weighted by molar-refractivity contribution is 5.81. The third-order valence-corrected chi connectivity index (χ3v) is 2.64. The lowest BCUT2D eigenvalue weighted by molar-refractivity contribution is -0.151. The van der Waals surface area contributed by atoms with E-state index in [1.165, 1.54) is 12.1 Å². The van der Waals surface area contributed by atoms with Crippen LogP contribution in [0.25, 0.3) is 10.9 Å². The smallest absolute Gasteiger partial charge is 0.328 e. The van der Waals surface area contributed by atoms with Crippen LogP contribution in [0.3, 0.4) is 0 Å². The molecule has 21 heavy (non-hydrogen) atoms. The van der Waals surface area contributed by atoms with Crippen LogP contribution in [0, 0.1) is 6.92 Å². The molecular weight excluding hydrogens is 291 g/mol.